The van der Waals surface area contributed by atoms with Crippen LogP contribution in [0.15, 0.2) is 30.5 Å². The fraction of sp³-hybridized carbons (Fsp3) is 0.231. The Balaban J connectivity index is 2.00. The maximum Gasteiger partial charge on any atom is 0.303 e. The fourth-order valence-electron chi connectivity index (χ4n) is 1.81. The van der Waals surface area contributed by atoms with Gasteiger partial charge in [0.15, 0.2) is 0 Å². The minimum atomic E-state index is -0.851. The third-order valence-electron chi connectivity index (χ3n) is 2.68. The third-order valence-corrected chi connectivity index (χ3v) is 2.68. The molecule has 0 aliphatic carbocycles. The monoisotopic (exact) mass is 246 g/mol. The molecule has 2 rings (SSSR count). The van der Waals surface area contributed by atoms with Crippen LogP contribution in [0.25, 0.3) is 10.9 Å². The van der Waals surface area contributed by atoms with Gasteiger partial charge in [-0.2, -0.15) is 0 Å². The lowest BCUT2D eigenvalue weighted by atomic mass is 10.1. The molecule has 94 valence electrons. The average Bonchev–Trinajstić information content (AvgIpc) is 2.82. The van der Waals surface area contributed by atoms with E-state index in [-0.39, 0.29) is 12.3 Å². The second-order valence-electron chi connectivity index (χ2n) is 4.00. The number of amides is 1. The standard InChI is InChI=1S/C13H14N2O3/c16-11(17)5-2-7-15-13(18)10-4-1-3-9-6-8-14-12(9)10/h1,3-4,6,8,14H,2,5,7H2,(H,15,18)(H,16,17). The predicted octanol–water partition coefficient (Wildman–Crippen LogP) is 1.76. The first-order chi connectivity index (χ1) is 8.68. The quantitative estimate of drug-likeness (QED) is 0.703. The molecule has 1 amide bonds. The number of rotatable bonds is 5. The minimum absolute atomic E-state index is 0.0625. The molecule has 0 bridgehead atoms. The van der Waals surface area contributed by atoms with Gasteiger partial charge in [0.25, 0.3) is 5.91 Å². The van der Waals surface area contributed by atoms with Gasteiger partial charge in [0.05, 0.1) is 11.1 Å². The van der Waals surface area contributed by atoms with Crippen molar-refractivity contribution in [3.8, 4) is 0 Å². The third kappa shape index (κ3) is 2.68. The van der Waals surface area contributed by atoms with Gasteiger partial charge in [0, 0.05) is 24.5 Å². The van der Waals surface area contributed by atoms with E-state index >= 15 is 0 Å². The average molecular weight is 246 g/mol. The summed E-state index contributed by atoms with van der Waals surface area (Å²) in [5.41, 5.74) is 1.38. The highest BCUT2D eigenvalue weighted by molar-refractivity contribution is 6.05. The number of hydrogen-bond acceptors (Lipinski definition) is 2. The molecule has 18 heavy (non-hydrogen) atoms. The number of fused-ring (bicyclic) bond motifs is 1. The molecule has 0 saturated heterocycles. The van der Waals surface area contributed by atoms with E-state index in [1.54, 1.807) is 12.3 Å². The van der Waals surface area contributed by atoms with Gasteiger partial charge >= 0.3 is 5.97 Å². The molecule has 0 spiro atoms. The minimum Gasteiger partial charge on any atom is -0.481 e. The molecular formula is C13H14N2O3. The summed E-state index contributed by atoms with van der Waals surface area (Å²) < 4.78 is 0. The van der Waals surface area contributed by atoms with Crippen LogP contribution >= 0.6 is 0 Å². The molecule has 0 atom stereocenters. The van der Waals surface area contributed by atoms with E-state index in [9.17, 15) is 9.59 Å². The second kappa shape index (κ2) is 5.35. The highest BCUT2D eigenvalue weighted by atomic mass is 16.4. The van der Waals surface area contributed by atoms with Crippen molar-refractivity contribution in [1.82, 2.24) is 10.3 Å². The van der Waals surface area contributed by atoms with Crippen LogP contribution in [0.1, 0.15) is 23.2 Å². The Morgan fingerprint density at radius 1 is 1.28 bits per heavy atom. The summed E-state index contributed by atoms with van der Waals surface area (Å²) in [6.45, 7) is 0.363. The number of carboxylic acid groups (broad SMARTS) is 1. The molecule has 2 aromatic rings. The summed E-state index contributed by atoms with van der Waals surface area (Å²) in [6.07, 6.45) is 2.28. The SMILES string of the molecule is O=C(O)CCCNC(=O)c1cccc2cc[nH]c12. The van der Waals surface area contributed by atoms with Crippen LogP contribution in [0.4, 0.5) is 0 Å². The van der Waals surface area contributed by atoms with Crippen molar-refractivity contribution in [2.45, 2.75) is 12.8 Å². The second-order valence-corrected chi connectivity index (χ2v) is 4.00. The number of H-pyrrole nitrogens is 1. The molecule has 5 heteroatoms. The molecule has 0 saturated carbocycles. The zero-order chi connectivity index (χ0) is 13.0. The lowest BCUT2D eigenvalue weighted by Crippen LogP contribution is -2.25. The summed E-state index contributed by atoms with van der Waals surface area (Å²) in [4.78, 5) is 25.3. The van der Waals surface area contributed by atoms with Crippen LogP contribution < -0.4 is 5.32 Å². The lowest BCUT2D eigenvalue weighted by Gasteiger charge is -2.05. The number of benzene rings is 1. The van der Waals surface area contributed by atoms with Gasteiger partial charge in [-0.1, -0.05) is 12.1 Å². The zero-order valence-corrected chi connectivity index (χ0v) is 9.77. The van der Waals surface area contributed by atoms with Crippen molar-refractivity contribution >= 4 is 22.8 Å². The van der Waals surface area contributed by atoms with Crippen LogP contribution in [0.3, 0.4) is 0 Å². The van der Waals surface area contributed by atoms with Crippen molar-refractivity contribution in [1.29, 1.82) is 0 Å². The number of para-hydroxylation sites is 1. The zero-order valence-electron chi connectivity index (χ0n) is 9.77. The molecule has 1 aromatic carbocycles. The molecule has 1 aromatic heterocycles. The van der Waals surface area contributed by atoms with Crippen molar-refractivity contribution in [3.63, 3.8) is 0 Å². The smallest absolute Gasteiger partial charge is 0.303 e. The fourth-order valence-corrected chi connectivity index (χ4v) is 1.81. The van der Waals surface area contributed by atoms with Gasteiger partial charge in [-0.3, -0.25) is 9.59 Å². The van der Waals surface area contributed by atoms with E-state index in [0.717, 1.165) is 10.9 Å². The van der Waals surface area contributed by atoms with Gasteiger partial charge in [-0.25, -0.2) is 0 Å². The number of carbonyl (C=O) groups is 2. The van der Waals surface area contributed by atoms with Crippen LogP contribution in [-0.4, -0.2) is 28.5 Å². The van der Waals surface area contributed by atoms with Gasteiger partial charge in [-0.05, 0) is 18.6 Å². The maximum absolute atomic E-state index is 11.9. The summed E-state index contributed by atoms with van der Waals surface area (Å²) in [5, 5.41) is 12.2. The Morgan fingerprint density at radius 3 is 2.89 bits per heavy atom. The van der Waals surface area contributed by atoms with Crippen molar-refractivity contribution < 1.29 is 14.7 Å². The van der Waals surface area contributed by atoms with E-state index in [1.165, 1.54) is 0 Å². The number of nitrogens with one attached hydrogen (secondary N) is 2. The van der Waals surface area contributed by atoms with Crippen LogP contribution in [0.5, 0.6) is 0 Å². The number of carbonyl (C=O) groups excluding carboxylic acids is 1. The number of aromatic amines is 1. The number of hydrogen-bond donors (Lipinski definition) is 3. The van der Waals surface area contributed by atoms with E-state index in [1.807, 2.05) is 18.2 Å². The van der Waals surface area contributed by atoms with Gasteiger partial charge < -0.3 is 15.4 Å². The Bertz CT molecular complexity index is 574. The first-order valence-electron chi connectivity index (χ1n) is 5.74. The lowest BCUT2D eigenvalue weighted by molar-refractivity contribution is -0.137. The molecule has 0 unspecified atom stereocenters. The van der Waals surface area contributed by atoms with Crippen molar-refractivity contribution in [2.24, 2.45) is 0 Å². The first-order valence-corrected chi connectivity index (χ1v) is 5.74. The van der Waals surface area contributed by atoms with E-state index < -0.39 is 5.97 Å². The molecule has 1 heterocycles. The van der Waals surface area contributed by atoms with Crippen LogP contribution in [-0.2, 0) is 4.79 Å². The highest BCUT2D eigenvalue weighted by Gasteiger charge is 2.09. The van der Waals surface area contributed by atoms with Gasteiger partial charge in [0.2, 0.25) is 0 Å². The Morgan fingerprint density at radius 2 is 2.11 bits per heavy atom. The van der Waals surface area contributed by atoms with E-state index in [0.29, 0.717) is 18.5 Å². The summed E-state index contributed by atoms with van der Waals surface area (Å²) in [7, 11) is 0. The largest absolute Gasteiger partial charge is 0.481 e. The summed E-state index contributed by atoms with van der Waals surface area (Å²) >= 11 is 0. The van der Waals surface area contributed by atoms with E-state index in [2.05, 4.69) is 10.3 Å². The predicted molar refractivity (Wildman–Crippen MR) is 67.5 cm³/mol. The van der Waals surface area contributed by atoms with Gasteiger partial charge in [-0.15, -0.1) is 0 Å². The Hall–Kier alpha value is -2.30. The number of carboxylic acids is 1. The van der Waals surface area contributed by atoms with Crippen LogP contribution in [0.2, 0.25) is 0 Å². The Kier molecular flexibility index (Phi) is 3.62. The first kappa shape index (κ1) is 12.2. The topological polar surface area (TPSA) is 82.2 Å². The molecule has 0 radical (unpaired) electrons. The van der Waals surface area contributed by atoms with Crippen molar-refractivity contribution in [2.75, 3.05) is 6.54 Å². The van der Waals surface area contributed by atoms with Crippen molar-refractivity contribution in [3.05, 3.63) is 36.0 Å². The summed E-state index contributed by atoms with van der Waals surface area (Å²) in [6, 6.07) is 7.39. The molecule has 0 aliphatic heterocycles. The van der Waals surface area contributed by atoms with Crippen LogP contribution in [0, 0.1) is 0 Å². The molecule has 0 fully saturated rings. The molecule has 5 nitrogen and oxygen atoms in total. The van der Waals surface area contributed by atoms with Gasteiger partial charge in [0.1, 0.15) is 0 Å². The summed E-state index contributed by atoms with van der Waals surface area (Å²) in [5.74, 6) is -1.04. The maximum atomic E-state index is 11.9. The molecule has 3 N–H and O–H groups in total. The number of aliphatic carboxylic acids is 1. The normalized spacial score (nSPS) is 10.4. The highest BCUT2D eigenvalue weighted by Crippen LogP contribution is 2.16. The molecular weight excluding hydrogens is 232 g/mol. The van der Waals surface area contributed by atoms with E-state index in [4.69, 9.17) is 5.11 Å². The molecule has 0 aliphatic rings. The number of aromatic nitrogens is 1. The Labute approximate surface area is 104 Å².